The molecule has 0 bridgehead atoms. The van der Waals surface area contributed by atoms with E-state index >= 15 is 0 Å². The summed E-state index contributed by atoms with van der Waals surface area (Å²) >= 11 is 0. The average Bonchev–Trinajstić information content (AvgIpc) is 3.13. The van der Waals surface area contributed by atoms with Gasteiger partial charge in [0.15, 0.2) is 0 Å². The minimum Gasteiger partial charge on any atom is -0.383 e. The molecule has 140 valence electrons. The first-order valence-electron chi connectivity index (χ1n) is 9.20. The molecule has 3 rings (SSSR count). The molecule has 0 radical (unpaired) electrons. The second-order valence-electron chi connectivity index (χ2n) is 6.70. The summed E-state index contributed by atoms with van der Waals surface area (Å²) in [6.07, 6.45) is 2.07. The molecule has 0 saturated heterocycles. The van der Waals surface area contributed by atoms with E-state index in [1.165, 1.54) is 11.1 Å². The van der Waals surface area contributed by atoms with Crippen molar-refractivity contribution in [2.24, 2.45) is 0 Å². The molecule has 0 spiro atoms. The molecule has 4 nitrogen and oxygen atoms in total. The van der Waals surface area contributed by atoms with Crippen molar-refractivity contribution in [1.82, 2.24) is 9.47 Å². The number of amides is 1. The summed E-state index contributed by atoms with van der Waals surface area (Å²) in [5.74, 6) is 0.0238. The summed E-state index contributed by atoms with van der Waals surface area (Å²) in [5.41, 5.74) is 4.31. The number of methoxy groups -OCH3 is 1. The molecule has 0 aliphatic carbocycles. The summed E-state index contributed by atoms with van der Waals surface area (Å²) in [6, 6.07) is 22.1. The van der Waals surface area contributed by atoms with Gasteiger partial charge in [-0.2, -0.15) is 0 Å². The highest BCUT2D eigenvalue weighted by Crippen LogP contribution is 2.14. The number of carbonyl (C=O) groups is 1. The fourth-order valence-electron chi connectivity index (χ4n) is 3.05. The minimum atomic E-state index is 0.0238. The zero-order chi connectivity index (χ0) is 19.1. The third-order valence-corrected chi connectivity index (χ3v) is 4.62. The number of ether oxygens (including phenoxy) is 1. The largest absolute Gasteiger partial charge is 0.383 e. The Morgan fingerprint density at radius 3 is 2.44 bits per heavy atom. The van der Waals surface area contributed by atoms with E-state index in [2.05, 4.69) is 48.0 Å². The Balaban J connectivity index is 1.77. The maximum Gasteiger partial charge on any atom is 0.254 e. The molecule has 0 aliphatic heterocycles. The summed E-state index contributed by atoms with van der Waals surface area (Å²) in [5, 5.41) is 0. The van der Waals surface area contributed by atoms with Crippen LogP contribution in [-0.2, 0) is 17.8 Å². The van der Waals surface area contributed by atoms with Gasteiger partial charge >= 0.3 is 0 Å². The second-order valence-corrected chi connectivity index (χ2v) is 6.70. The summed E-state index contributed by atoms with van der Waals surface area (Å²) in [7, 11) is 1.66. The quantitative estimate of drug-likeness (QED) is 0.604. The van der Waals surface area contributed by atoms with Gasteiger partial charge in [0.25, 0.3) is 5.91 Å². The fourth-order valence-corrected chi connectivity index (χ4v) is 3.05. The Hall–Kier alpha value is -2.85. The van der Waals surface area contributed by atoms with Crippen LogP contribution in [0.2, 0.25) is 0 Å². The lowest BCUT2D eigenvalue weighted by Gasteiger charge is -2.23. The van der Waals surface area contributed by atoms with E-state index in [1.807, 2.05) is 41.3 Å². The van der Waals surface area contributed by atoms with E-state index in [1.54, 1.807) is 7.11 Å². The summed E-state index contributed by atoms with van der Waals surface area (Å²) in [6.45, 7) is 4.50. The molecule has 3 aromatic rings. The molecule has 4 heteroatoms. The topological polar surface area (TPSA) is 34.5 Å². The number of aromatic nitrogens is 1. The molecule has 2 aromatic carbocycles. The maximum atomic E-state index is 12.9. The van der Waals surface area contributed by atoms with Crippen LogP contribution in [0.1, 0.15) is 27.2 Å². The van der Waals surface area contributed by atoms with Crippen molar-refractivity contribution in [2.45, 2.75) is 20.0 Å². The van der Waals surface area contributed by atoms with Crippen LogP contribution in [0.5, 0.6) is 0 Å². The summed E-state index contributed by atoms with van der Waals surface area (Å²) in [4.78, 5) is 14.8. The first kappa shape index (κ1) is 18.9. The first-order valence-corrected chi connectivity index (χ1v) is 9.20. The van der Waals surface area contributed by atoms with Gasteiger partial charge in [-0.15, -0.1) is 0 Å². The van der Waals surface area contributed by atoms with Crippen LogP contribution in [-0.4, -0.2) is 35.6 Å². The van der Waals surface area contributed by atoms with E-state index in [0.717, 1.165) is 12.2 Å². The van der Waals surface area contributed by atoms with Crippen molar-refractivity contribution in [2.75, 3.05) is 20.3 Å². The Morgan fingerprint density at radius 1 is 1.00 bits per heavy atom. The van der Waals surface area contributed by atoms with Gasteiger partial charge in [-0.25, -0.2) is 0 Å². The van der Waals surface area contributed by atoms with Gasteiger partial charge in [-0.3, -0.25) is 4.79 Å². The molecule has 1 heterocycles. The Labute approximate surface area is 161 Å². The predicted octanol–water partition coefficient (Wildman–Crippen LogP) is 4.13. The SMILES string of the molecule is COCCN(Cc1cccn1Cc1ccc(C)cc1)C(=O)c1ccccc1. The van der Waals surface area contributed by atoms with Crippen LogP contribution >= 0.6 is 0 Å². The molecule has 1 amide bonds. The standard InChI is InChI=1S/C23H26N2O2/c1-19-10-12-20(13-11-19)17-24-14-6-9-22(24)18-25(15-16-27-2)23(26)21-7-4-3-5-8-21/h3-14H,15-18H2,1-2H3. The molecule has 0 fully saturated rings. The highest BCUT2D eigenvalue weighted by atomic mass is 16.5. The highest BCUT2D eigenvalue weighted by molar-refractivity contribution is 5.94. The van der Waals surface area contributed by atoms with Gasteiger partial charge in [-0.05, 0) is 36.8 Å². The molecule has 0 saturated carbocycles. The Bertz CT molecular complexity index is 854. The summed E-state index contributed by atoms with van der Waals surface area (Å²) < 4.78 is 7.41. The third kappa shape index (κ3) is 5.08. The number of hydrogen-bond acceptors (Lipinski definition) is 2. The lowest BCUT2D eigenvalue weighted by Crippen LogP contribution is -2.34. The molecular formula is C23H26N2O2. The molecule has 0 N–H and O–H groups in total. The van der Waals surface area contributed by atoms with E-state index < -0.39 is 0 Å². The molecule has 1 aromatic heterocycles. The zero-order valence-corrected chi connectivity index (χ0v) is 16.0. The third-order valence-electron chi connectivity index (χ3n) is 4.62. The smallest absolute Gasteiger partial charge is 0.254 e. The number of aryl methyl sites for hydroxylation is 1. The van der Waals surface area contributed by atoms with Crippen molar-refractivity contribution in [3.63, 3.8) is 0 Å². The lowest BCUT2D eigenvalue weighted by molar-refractivity contribution is 0.0676. The van der Waals surface area contributed by atoms with Gasteiger partial charge < -0.3 is 14.2 Å². The number of benzene rings is 2. The maximum absolute atomic E-state index is 12.9. The molecule has 27 heavy (non-hydrogen) atoms. The van der Waals surface area contributed by atoms with E-state index in [4.69, 9.17) is 4.74 Å². The normalized spacial score (nSPS) is 10.7. The van der Waals surface area contributed by atoms with Gasteiger partial charge in [-0.1, -0.05) is 48.0 Å². The first-order chi connectivity index (χ1) is 13.2. The predicted molar refractivity (Wildman–Crippen MR) is 108 cm³/mol. The number of hydrogen-bond donors (Lipinski definition) is 0. The van der Waals surface area contributed by atoms with Crippen molar-refractivity contribution < 1.29 is 9.53 Å². The van der Waals surface area contributed by atoms with Gasteiger partial charge in [0, 0.05) is 37.7 Å². The Kier molecular flexibility index (Phi) is 6.44. The highest BCUT2D eigenvalue weighted by Gasteiger charge is 2.17. The van der Waals surface area contributed by atoms with Crippen molar-refractivity contribution >= 4 is 5.91 Å². The second kappa shape index (κ2) is 9.19. The lowest BCUT2D eigenvalue weighted by atomic mass is 10.1. The average molecular weight is 362 g/mol. The van der Waals surface area contributed by atoms with Gasteiger partial charge in [0.1, 0.15) is 0 Å². The van der Waals surface area contributed by atoms with Crippen LogP contribution in [0, 0.1) is 6.92 Å². The van der Waals surface area contributed by atoms with Crippen LogP contribution in [0.25, 0.3) is 0 Å². The zero-order valence-electron chi connectivity index (χ0n) is 16.0. The van der Waals surface area contributed by atoms with Crippen LogP contribution in [0.4, 0.5) is 0 Å². The molecular weight excluding hydrogens is 336 g/mol. The fraction of sp³-hybridized carbons (Fsp3) is 0.261. The van der Waals surface area contributed by atoms with Crippen LogP contribution in [0.3, 0.4) is 0 Å². The number of rotatable bonds is 8. The number of carbonyl (C=O) groups excluding carboxylic acids is 1. The van der Waals surface area contributed by atoms with Crippen LogP contribution < -0.4 is 0 Å². The van der Waals surface area contributed by atoms with E-state index in [-0.39, 0.29) is 5.91 Å². The van der Waals surface area contributed by atoms with E-state index in [9.17, 15) is 4.79 Å². The van der Waals surface area contributed by atoms with Gasteiger partial charge in [0.05, 0.1) is 13.2 Å². The van der Waals surface area contributed by atoms with Gasteiger partial charge in [0.2, 0.25) is 0 Å². The van der Waals surface area contributed by atoms with Crippen molar-refractivity contribution in [3.8, 4) is 0 Å². The van der Waals surface area contributed by atoms with Crippen molar-refractivity contribution in [1.29, 1.82) is 0 Å². The Morgan fingerprint density at radius 2 is 1.74 bits per heavy atom. The van der Waals surface area contributed by atoms with E-state index in [0.29, 0.717) is 25.3 Å². The monoisotopic (exact) mass is 362 g/mol. The van der Waals surface area contributed by atoms with Crippen molar-refractivity contribution in [3.05, 3.63) is 95.3 Å². The number of nitrogens with zero attached hydrogens (tertiary/aromatic N) is 2. The molecule has 0 atom stereocenters. The molecule has 0 unspecified atom stereocenters. The van der Waals surface area contributed by atoms with Crippen LogP contribution in [0.15, 0.2) is 72.9 Å². The molecule has 0 aliphatic rings. The minimum absolute atomic E-state index is 0.0238.